The molecule has 0 aliphatic carbocycles. The van der Waals surface area contributed by atoms with Crippen LogP contribution < -0.4 is 5.11 Å². The Labute approximate surface area is 79.4 Å². The van der Waals surface area contributed by atoms with E-state index in [9.17, 15) is 14.3 Å². The minimum atomic E-state index is -1.26. The fraction of sp³-hybridized carbons (Fsp3) is 0.100. The van der Waals surface area contributed by atoms with E-state index in [-0.39, 0.29) is 11.5 Å². The average molecular weight is 192 g/mol. The molecule has 14 heavy (non-hydrogen) atoms. The highest BCUT2D eigenvalue weighted by Gasteiger charge is 2.06. The summed E-state index contributed by atoms with van der Waals surface area (Å²) in [5.41, 5.74) is 0.592. The van der Waals surface area contributed by atoms with Gasteiger partial charge >= 0.3 is 0 Å². The van der Waals surface area contributed by atoms with Crippen molar-refractivity contribution in [1.29, 1.82) is 0 Å². The monoisotopic (exact) mass is 192 g/mol. The molecule has 0 saturated carbocycles. The maximum absolute atomic E-state index is 12.9. The number of benzene rings is 1. The Morgan fingerprint density at radius 2 is 2.14 bits per heavy atom. The summed E-state index contributed by atoms with van der Waals surface area (Å²) in [6.07, 6.45) is 0. The Balaban J connectivity index is 2.80. The molecule has 0 unspecified atom stereocenters. The first-order chi connectivity index (χ1) is 6.59. The van der Waals surface area contributed by atoms with Gasteiger partial charge < -0.3 is 14.5 Å². The van der Waals surface area contributed by atoms with Gasteiger partial charge in [0.1, 0.15) is 5.82 Å². The summed E-state index contributed by atoms with van der Waals surface area (Å²) in [6.45, 7) is 0. The summed E-state index contributed by atoms with van der Waals surface area (Å²) >= 11 is 0. The van der Waals surface area contributed by atoms with Crippen molar-refractivity contribution in [2.45, 2.75) is 0 Å². The van der Waals surface area contributed by atoms with Crippen LogP contribution in [0.15, 0.2) is 24.3 Å². The zero-order valence-corrected chi connectivity index (χ0v) is 7.45. The Kier molecular flexibility index (Phi) is 1.77. The molecular formula is C10H7FNO2-. The van der Waals surface area contributed by atoms with E-state index in [0.717, 1.165) is 0 Å². The van der Waals surface area contributed by atoms with Gasteiger partial charge in [0.25, 0.3) is 0 Å². The second-order valence-corrected chi connectivity index (χ2v) is 3.08. The quantitative estimate of drug-likeness (QED) is 0.667. The summed E-state index contributed by atoms with van der Waals surface area (Å²) in [6, 6.07) is 5.59. The van der Waals surface area contributed by atoms with Gasteiger partial charge in [-0.25, -0.2) is 4.39 Å². The van der Waals surface area contributed by atoms with Crippen LogP contribution in [0.25, 0.3) is 10.9 Å². The molecule has 0 spiro atoms. The molecule has 1 aromatic carbocycles. The van der Waals surface area contributed by atoms with Gasteiger partial charge in [0.2, 0.25) is 0 Å². The Hall–Kier alpha value is -1.84. The van der Waals surface area contributed by atoms with Crippen LogP contribution in [0.4, 0.5) is 4.39 Å². The minimum absolute atomic E-state index is 0.0469. The second kappa shape index (κ2) is 2.83. The number of halogens is 1. The van der Waals surface area contributed by atoms with E-state index in [0.29, 0.717) is 10.9 Å². The number of carbonyl (C=O) groups is 1. The van der Waals surface area contributed by atoms with Gasteiger partial charge in [-0.2, -0.15) is 0 Å². The molecule has 2 aromatic rings. The predicted octanol–water partition coefficient (Wildman–Crippen LogP) is 0.681. The van der Waals surface area contributed by atoms with E-state index in [4.69, 9.17) is 0 Å². The first kappa shape index (κ1) is 8.74. The Morgan fingerprint density at radius 1 is 1.43 bits per heavy atom. The Bertz CT molecular complexity index is 516. The third kappa shape index (κ3) is 1.16. The smallest absolute Gasteiger partial charge is 0.125 e. The third-order valence-corrected chi connectivity index (χ3v) is 2.22. The van der Waals surface area contributed by atoms with Crippen molar-refractivity contribution in [2.75, 3.05) is 0 Å². The van der Waals surface area contributed by atoms with E-state index in [1.54, 1.807) is 7.05 Å². The number of aromatic nitrogens is 1. The number of aromatic carboxylic acids is 1. The van der Waals surface area contributed by atoms with Crippen molar-refractivity contribution in [3.8, 4) is 0 Å². The van der Waals surface area contributed by atoms with Crippen molar-refractivity contribution in [3.05, 3.63) is 35.8 Å². The number of rotatable bonds is 1. The summed E-state index contributed by atoms with van der Waals surface area (Å²) in [5, 5.41) is 11.3. The van der Waals surface area contributed by atoms with Crippen LogP contribution in [0.3, 0.4) is 0 Å². The lowest BCUT2D eigenvalue weighted by atomic mass is 10.2. The van der Waals surface area contributed by atoms with Crippen molar-refractivity contribution in [3.63, 3.8) is 0 Å². The van der Waals surface area contributed by atoms with Gasteiger partial charge in [-0.15, -0.1) is 0 Å². The van der Waals surface area contributed by atoms with Gasteiger partial charge in [-0.05, 0) is 24.3 Å². The SMILES string of the molecule is Cn1c(C(=O)[O-])cc2ccc(F)cc21. The standard InChI is InChI=1S/C10H8FNO2/c1-12-8-5-7(11)3-2-6(8)4-9(12)10(13)14/h2-5H,1H3,(H,13,14)/p-1. The number of carboxylic acid groups (broad SMARTS) is 1. The molecule has 1 heterocycles. The lowest BCUT2D eigenvalue weighted by Crippen LogP contribution is -2.24. The maximum atomic E-state index is 12.9. The van der Waals surface area contributed by atoms with Crippen LogP contribution in [0.2, 0.25) is 0 Å². The number of hydrogen-bond donors (Lipinski definition) is 0. The average Bonchev–Trinajstić information content (AvgIpc) is 2.44. The molecule has 0 radical (unpaired) electrons. The number of carboxylic acids is 1. The highest BCUT2D eigenvalue weighted by atomic mass is 19.1. The first-order valence-electron chi connectivity index (χ1n) is 4.06. The van der Waals surface area contributed by atoms with Crippen molar-refractivity contribution in [2.24, 2.45) is 7.05 Å². The fourth-order valence-electron chi connectivity index (χ4n) is 1.50. The molecule has 0 fully saturated rings. The van der Waals surface area contributed by atoms with Gasteiger partial charge in [0.15, 0.2) is 0 Å². The largest absolute Gasteiger partial charge is 0.543 e. The summed E-state index contributed by atoms with van der Waals surface area (Å²) in [5.74, 6) is -1.65. The number of hydrogen-bond acceptors (Lipinski definition) is 2. The van der Waals surface area contributed by atoms with Crippen molar-refractivity contribution in [1.82, 2.24) is 4.57 Å². The Morgan fingerprint density at radius 3 is 2.79 bits per heavy atom. The summed E-state index contributed by atoms with van der Waals surface area (Å²) < 4.78 is 14.2. The van der Waals surface area contributed by atoms with Crippen LogP contribution >= 0.6 is 0 Å². The third-order valence-electron chi connectivity index (χ3n) is 2.22. The van der Waals surface area contributed by atoms with Crippen LogP contribution in [0.5, 0.6) is 0 Å². The molecule has 0 aliphatic heterocycles. The summed E-state index contributed by atoms with van der Waals surface area (Å²) in [4.78, 5) is 10.7. The molecule has 3 nitrogen and oxygen atoms in total. The van der Waals surface area contributed by atoms with Crippen LogP contribution in [-0.2, 0) is 7.05 Å². The topological polar surface area (TPSA) is 45.1 Å². The highest BCUT2D eigenvalue weighted by Crippen LogP contribution is 2.19. The minimum Gasteiger partial charge on any atom is -0.543 e. The van der Waals surface area contributed by atoms with E-state index < -0.39 is 5.97 Å². The van der Waals surface area contributed by atoms with Gasteiger partial charge in [-0.1, -0.05) is 0 Å². The van der Waals surface area contributed by atoms with Gasteiger partial charge in [-0.3, -0.25) is 0 Å². The molecule has 0 N–H and O–H groups in total. The molecule has 0 saturated heterocycles. The summed E-state index contributed by atoms with van der Waals surface area (Å²) in [7, 11) is 1.56. The van der Waals surface area contributed by atoms with Crippen LogP contribution in [0.1, 0.15) is 10.5 Å². The highest BCUT2D eigenvalue weighted by molar-refractivity contribution is 5.93. The maximum Gasteiger partial charge on any atom is 0.125 e. The normalized spacial score (nSPS) is 10.7. The van der Waals surface area contributed by atoms with E-state index in [1.165, 1.54) is 28.8 Å². The van der Waals surface area contributed by atoms with Crippen molar-refractivity contribution < 1.29 is 14.3 Å². The molecule has 0 bridgehead atoms. The molecular weight excluding hydrogens is 185 g/mol. The molecule has 0 aliphatic rings. The number of carbonyl (C=O) groups excluding carboxylic acids is 1. The predicted molar refractivity (Wildman–Crippen MR) is 47.2 cm³/mol. The molecule has 0 amide bonds. The molecule has 0 atom stereocenters. The van der Waals surface area contributed by atoms with Crippen LogP contribution in [-0.4, -0.2) is 10.5 Å². The van der Waals surface area contributed by atoms with E-state index >= 15 is 0 Å². The number of aryl methyl sites for hydroxylation is 1. The lowest BCUT2D eigenvalue weighted by Gasteiger charge is -2.03. The van der Waals surface area contributed by atoms with Gasteiger partial charge in [0.05, 0.1) is 17.2 Å². The molecule has 72 valence electrons. The zero-order chi connectivity index (χ0) is 10.3. The molecule has 4 heteroatoms. The number of nitrogens with zero attached hydrogens (tertiary/aromatic N) is 1. The lowest BCUT2D eigenvalue weighted by molar-refractivity contribution is -0.255. The fourth-order valence-corrected chi connectivity index (χ4v) is 1.50. The van der Waals surface area contributed by atoms with E-state index in [1.807, 2.05) is 0 Å². The molecule has 1 aromatic heterocycles. The first-order valence-corrected chi connectivity index (χ1v) is 4.06. The number of fused-ring (bicyclic) bond motifs is 1. The van der Waals surface area contributed by atoms with Crippen molar-refractivity contribution >= 4 is 16.9 Å². The molecule has 2 rings (SSSR count). The second-order valence-electron chi connectivity index (χ2n) is 3.08. The zero-order valence-electron chi connectivity index (χ0n) is 7.45. The van der Waals surface area contributed by atoms with Gasteiger partial charge in [0, 0.05) is 12.4 Å². The van der Waals surface area contributed by atoms with E-state index in [2.05, 4.69) is 0 Å². The van der Waals surface area contributed by atoms with Crippen LogP contribution in [0, 0.1) is 5.82 Å².